The summed E-state index contributed by atoms with van der Waals surface area (Å²) in [5, 5.41) is 3.68. The van der Waals surface area contributed by atoms with Gasteiger partial charge in [0.15, 0.2) is 5.78 Å². The second kappa shape index (κ2) is 10.5. The van der Waals surface area contributed by atoms with Crippen molar-refractivity contribution in [3.8, 4) is 0 Å². The van der Waals surface area contributed by atoms with Crippen LogP contribution in [0.5, 0.6) is 0 Å². The molecule has 0 bridgehead atoms. The number of amides is 1. The van der Waals surface area contributed by atoms with Crippen LogP contribution in [-0.4, -0.2) is 23.8 Å². The third-order valence-electron chi connectivity index (χ3n) is 13.4. The Morgan fingerprint density at radius 1 is 0.930 bits per heavy atom. The van der Waals surface area contributed by atoms with Crippen molar-refractivity contribution < 1.29 is 19.1 Å². The van der Waals surface area contributed by atoms with Crippen LogP contribution in [0.25, 0.3) is 0 Å². The highest BCUT2D eigenvalue weighted by Gasteiger charge is 2.67. The van der Waals surface area contributed by atoms with Crippen molar-refractivity contribution in [3.63, 3.8) is 0 Å². The predicted octanol–water partition coefficient (Wildman–Crippen LogP) is 8.80. The van der Waals surface area contributed by atoms with E-state index in [-0.39, 0.29) is 58.3 Å². The van der Waals surface area contributed by atoms with E-state index in [1.165, 1.54) is 12.5 Å². The molecule has 1 amide bonds. The Hall–Kier alpha value is -2.14. The molecule has 1 aromatic carbocycles. The number of para-hydroxylation sites is 1. The number of hydrogen-bond donors (Lipinski definition) is 1. The van der Waals surface area contributed by atoms with Crippen LogP contribution >= 0.6 is 11.6 Å². The Bertz CT molecular complexity index is 1380. The highest BCUT2D eigenvalue weighted by Crippen LogP contribution is 2.73. The van der Waals surface area contributed by atoms with Crippen molar-refractivity contribution in [2.24, 2.45) is 51.2 Å². The number of allylic oxidation sites excluding steroid dienone is 1. The lowest BCUT2D eigenvalue weighted by atomic mass is 9.36. The second-order valence-corrected chi connectivity index (χ2v) is 16.4. The lowest BCUT2D eigenvalue weighted by Gasteiger charge is -2.68. The fraction of sp³-hybridized carbons (Fsp3) is 0.703. The number of fused-ring (bicyclic) bond motifs is 7. The number of esters is 1. The Labute approximate surface area is 262 Å². The van der Waals surface area contributed by atoms with Gasteiger partial charge in [-0.05, 0) is 115 Å². The van der Waals surface area contributed by atoms with E-state index in [0.717, 1.165) is 50.5 Å². The van der Waals surface area contributed by atoms with Crippen LogP contribution in [0.4, 0.5) is 5.69 Å². The van der Waals surface area contributed by atoms with E-state index in [1.54, 1.807) is 6.07 Å². The molecule has 6 heteroatoms. The van der Waals surface area contributed by atoms with Gasteiger partial charge in [0, 0.05) is 18.8 Å². The van der Waals surface area contributed by atoms with Gasteiger partial charge in [0.05, 0.1) is 16.1 Å². The Morgan fingerprint density at radius 2 is 1.63 bits per heavy atom. The van der Waals surface area contributed by atoms with Crippen molar-refractivity contribution in [2.75, 3.05) is 5.32 Å². The molecule has 1 aromatic rings. The van der Waals surface area contributed by atoms with E-state index in [4.69, 9.17) is 16.3 Å². The molecular formula is C37H50ClNO4. The quantitative estimate of drug-likeness (QED) is 0.347. The molecule has 0 heterocycles. The normalized spacial score (nSPS) is 39.8. The molecule has 6 rings (SSSR count). The van der Waals surface area contributed by atoms with Crippen LogP contribution < -0.4 is 5.32 Å². The highest BCUT2D eigenvalue weighted by molar-refractivity contribution is 6.33. The largest absolute Gasteiger partial charge is 0.462 e. The average molecular weight is 608 g/mol. The number of halogens is 1. The van der Waals surface area contributed by atoms with Crippen molar-refractivity contribution >= 4 is 34.9 Å². The maximum absolute atomic E-state index is 14.3. The van der Waals surface area contributed by atoms with Gasteiger partial charge in [-0.3, -0.25) is 14.4 Å². The van der Waals surface area contributed by atoms with E-state index in [9.17, 15) is 14.4 Å². The van der Waals surface area contributed by atoms with Crippen LogP contribution in [0, 0.1) is 51.2 Å². The Balaban J connectivity index is 1.35. The topological polar surface area (TPSA) is 72.5 Å². The fourth-order valence-corrected chi connectivity index (χ4v) is 12.0. The third-order valence-corrected chi connectivity index (χ3v) is 13.7. The number of ether oxygens (including phenoxy) is 1. The smallest absolute Gasteiger partial charge is 0.302 e. The van der Waals surface area contributed by atoms with Crippen molar-refractivity contribution in [1.82, 2.24) is 0 Å². The van der Waals surface area contributed by atoms with Gasteiger partial charge >= 0.3 is 5.97 Å². The summed E-state index contributed by atoms with van der Waals surface area (Å²) in [6, 6.07) is 7.38. The molecule has 0 radical (unpaired) electrons. The number of nitrogens with one attached hydrogen (secondary N) is 1. The van der Waals surface area contributed by atoms with Crippen LogP contribution in [0.3, 0.4) is 0 Å². The fourth-order valence-electron chi connectivity index (χ4n) is 11.8. The molecule has 5 nitrogen and oxygen atoms in total. The van der Waals surface area contributed by atoms with Gasteiger partial charge < -0.3 is 10.1 Å². The zero-order chi connectivity index (χ0) is 31.1. The summed E-state index contributed by atoms with van der Waals surface area (Å²) < 4.78 is 5.90. The molecule has 4 saturated carbocycles. The predicted molar refractivity (Wildman–Crippen MR) is 170 cm³/mol. The molecule has 0 aliphatic heterocycles. The number of Topliss-reactive ketones (excluding diaryl/α,β-unsaturated/α-hetero) is 1. The van der Waals surface area contributed by atoms with Crippen LogP contribution in [0.1, 0.15) is 106 Å². The van der Waals surface area contributed by atoms with E-state index in [1.807, 2.05) is 18.2 Å². The molecule has 43 heavy (non-hydrogen) atoms. The van der Waals surface area contributed by atoms with Gasteiger partial charge in [-0.25, -0.2) is 0 Å². The monoisotopic (exact) mass is 607 g/mol. The number of carbonyl (C=O) groups excluding carboxylic acids is 3. The summed E-state index contributed by atoms with van der Waals surface area (Å²) in [5.74, 6) is 1.79. The van der Waals surface area contributed by atoms with Gasteiger partial charge in [0.2, 0.25) is 5.91 Å². The number of benzene rings is 1. The Kier molecular flexibility index (Phi) is 7.51. The first-order valence-corrected chi connectivity index (χ1v) is 17.1. The summed E-state index contributed by atoms with van der Waals surface area (Å²) in [7, 11) is 0. The van der Waals surface area contributed by atoms with Gasteiger partial charge in [0.1, 0.15) is 6.10 Å². The minimum atomic E-state index is -0.786. The highest BCUT2D eigenvalue weighted by atomic mass is 35.5. The summed E-state index contributed by atoms with van der Waals surface area (Å²) in [6.45, 7) is 15.5. The summed E-state index contributed by atoms with van der Waals surface area (Å²) in [5.41, 5.74) is 2.17. The van der Waals surface area contributed by atoms with Crippen LogP contribution in [0.2, 0.25) is 5.02 Å². The van der Waals surface area contributed by atoms with E-state index in [2.05, 4.69) is 46.9 Å². The lowest BCUT2D eigenvalue weighted by Crippen LogP contribution is -2.63. The molecule has 0 aromatic heterocycles. The van der Waals surface area contributed by atoms with Gasteiger partial charge in [-0.1, -0.05) is 65.3 Å². The number of hydrogen-bond acceptors (Lipinski definition) is 4. The summed E-state index contributed by atoms with van der Waals surface area (Å²) >= 11 is 6.47. The van der Waals surface area contributed by atoms with Gasteiger partial charge in [-0.2, -0.15) is 0 Å². The first-order chi connectivity index (χ1) is 20.2. The van der Waals surface area contributed by atoms with E-state index >= 15 is 0 Å². The lowest BCUT2D eigenvalue weighted by molar-refractivity contribution is -0.212. The molecule has 5 aliphatic carbocycles. The first-order valence-electron chi connectivity index (χ1n) is 16.7. The third kappa shape index (κ3) is 4.49. The number of ketones is 1. The van der Waals surface area contributed by atoms with Crippen molar-refractivity contribution in [1.29, 1.82) is 0 Å². The average Bonchev–Trinajstić information content (AvgIpc) is 3.25. The Morgan fingerprint density at radius 3 is 2.30 bits per heavy atom. The second-order valence-electron chi connectivity index (χ2n) is 16.0. The van der Waals surface area contributed by atoms with Crippen molar-refractivity contribution in [3.05, 3.63) is 40.4 Å². The minimum Gasteiger partial charge on any atom is -0.462 e. The number of rotatable bonds is 4. The zero-order valence-electron chi connectivity index (χ0n) is 27.1. The molecular weight excluding hydrogens is 558 g/mol. The number of anilines is 1. The molecule has 0 saturated heterocycles. The summed E-state index contributed by atoms with van der Waals surface area (Å²) in [4.78, 5) is 40.0. The van der Waals surface area contributed by atoms with Crippen LogP contribution in [-0.2, 0) is 19.1 Å². The molecule has 5 aliphatic rings. The molecule has 4 fully saturated rings. The van der Waals surface area contributed by atoms with Crippen molar-refractivity contribution in [2.45, 2.75) is 112 Å². The molecule has 5 unspecified atom stereocenters. The SMILES string of the molecule is CC(=O)O[C@H]1CC[C@@]2(C)C(CC[C@@]3(C)C4CCC5(C(=O)Nc6ccccc6Cl)CC(=O)C(C(C)C)=C5C4CCC32)C1(C)C. The molecule has 1 N–H and O–H groups in total. The number of carbonyl (C=O) groups is 3. The maximum atomic E-state index is 14.3. The molecule has 8 atom stereocenters. The van der Waals surface area contributed by atoms with Gasteiger partial charge in [-0.15, -0.1) is 0 Å². The van der Waals surface area contributed by atoms with E-state index in [0.29, 0.717) is 34.9 Å². The minimum absolute atomic E-state index is 0.0287. The zero-order valence-corrected chi connectivity index (χ0v) is 27.9. The van der Waals surface area contributed by atoms with E-state index < -0.39 is 5.41 Å². The maximum Gasteiger partial charge on any atom is 0.302 e. The first kappa shape index (κ1) is 30.9. The van der Waals surface area contributed by atoms with Gasteiger partial charge in [0.25, 0.3) is 0 Å². The molecule has 234 valence electrons. The molecule has 0 spiro atoms. The summed E-state index contributed by atoms with van der Waals surface area (Å²) in [6.07, 6.45) is 8.35. The standard InChI is InChI=1S/C37H50ClNO4/c1-21(2)31-27(41)20-37(33(42)39-26-11-9-8-10-25(26)38)19-14-24-23(32(31)37)12-13-29-35(24,6)17-15-28-34(4,5)30(43-22(3)40)16-18-36(28,29)7/h8-11,21,23-24,28-30H,12-20H2,1-7H3,(H,39,42)/t23?,24?,28?,29?,30-,35-,36-,37?/m0/s1. The van der Waals surface area contributed by atoms with Crippen LogP contribution in [0.15, 0.2) is 35.4 Å².